The third kappa shape index (κ3) is 1.08. The molecule has 11 heavy (non-hydrogen) atoms. The molecule has 0 radical (unpaired) electrons. The summed E-state index contributed by atoms with van der Waals surface area (Å²) >= 11 is 0. The Bertz CT molecular complexity index is 145. The lowest BCUT2D eigenvalue weighted by atomic mass is 9.78. The summed E-state index contributed by atoms with van der Waals surface area (Å²) in [6.07, 6.45) is 2.62. The zero-order valence-corrected chi connectivity index (χ0v) is 6.93. The lowest BCUT2D eigenvalue weighted by molar-refractivity contribution is -0.112. The van der Waals surface area contributed by atoms with E-state index in [2.05, 4.69) is 5.32 Å². The number of nitrogens with one attached hydrogen (secondary N) is 1. The molecule has 0 aromatic rings. The molecule has 2 fully saturated rings. The second kappa shape index (κ2) is 2.73. The molecule has 1 spiro atoms. The first-order chi connectivity index (χ1) is 5.37. The van der Waals surface area contributed by atoms with Gasteiger partial charge >= 0.3 is 0 Å². The summed E-state index contributed by atoms with van der Waals surface area (Å²) in [7, 11) is 1.76. The maximum absolute atomic E-state index is 5.36. The molecule has 2 rings (SSSR count). The van der Waals surface area contributed by atoms with E-state index in [1.807, 2.05) is 0 Å². The maximum atomic E-state index is 5.36. The fourth-order valence-corrected chi connectivity index (χ4v) is 1.99. The van der Waals surface area contributed by atoms with Crippen LogP contribution in [-0.2, 0) is 9.47 Å². The van der Waals surface area contributed by atoms with Crippen molar-refractivity contribution in [2.45, 2.75) is 24.5 Å². The second-order valence-electron chi connectivity index (χ2n) is 3.38. The Labute approximate surface area is 67.1 Å². The van der Waals surface area contributed by atoms with Crippen LogP contribution in [-0.4, -0.2) is 38.5 Å². The Hall–Kier alpha value is -0.120. The van der Waals surface area contributed by atoms with E-state index in [4.69, 9.17) is 9.47 Å². The Balaban J connectivity index is 2.02. The first-order valence-electron chi connectivity index (χ1n) is 4.23. The van der Waals surface area contributed by atoms with E-state index in [9.17, 15) is 0 Å². The Morgan fingerprint density at radius 1 is 1.55 bits per heavy atom. The lowest BCUT2D eigenvalue weighted by Crippen LogP contribution is -2.67. The van der Waals surface area contributed by atoms with Crippen molar-refractivity contribution in [2.75, 3.05) is 26.9 Å². The average molecular weight is 157 g/mol. The predicted molar refractivity (Wildman–Crippen MR) is 41.6 cm³/mol. The SMILES string of the molecule is COC1COCCC12CCN2. The molecule has 2 unspecified atom stereocenters. The molecule has 0 aliphatic carbocycles. The van der Waals surface area contributed by atoms with Crippen LogP contribution in [0.15, 0.2) is 0 Å². The average Bonchev–Trinajstić information content (AvgIpc) is 2.01. The number of rotatable bonds is 1. The van der Waals surface area contributed by atoms with Crippen molar-refractivity contribution in [3.8, 4) is 0 Å². The van der Waals surface area contributed by atoms with Gasteiger partial charge in [0.05, 0.1) is 18.2 Å². The van der Waals surface area contributed by atoms with Gasteiger partial charge in [-0.15, -0.1) is 0 Å². The highest BCUT2D eigenvalue weighted by molar-refractivity contribution is 5.04. The van der Waals surface area contributed by atoms with Gasteiger partial charge in [-0.1, -0.05) is 0 Å². The van der Waals surface area contributed by atoms with Gasteiger partial charge in [0.25, 0.3) is 0 Å². The summed E-state index contributed by atoms with van der Waals surface area (Å²) in [6, 6.07) is 0. The van der Waals surface area contributed by atoms with E-state index >= 15 is 0 Å². The predicted octanol–water partition coefficient (Wildman–Crippen LogP) is 0.154. The van der Waals surface area contributed by atoms with E-state index in [-0.39, 0.29) is 11.6 Å². The van der Waals surface area contributed by atoms with Gasteiger partial charge in [0.15, 0.2) is 0 Å². The highest BCUT2D eigenvalue weighted by Gasteiger charge is 2.45. The highest BCUT2D eigenvalue weighted by Crippen LogP contribution is 2.31. The van der Waals surface area contributed by atoms with Crippen LogP contribution < -0.4 is 5.32 Å². The van der Waals surface area contributed by atoms with Gasteiger partial charge in [0.1, 0.15) is 0 Å². The van der Waals surface area contributed by atoms with Crippen molar-refractivity contribution in [3.63, 3.8) is 0 Å². The van der Waals surface area contributed by atoms with Crippen LogP contribution in [0.2, 0.25) is 0 Å². The molecule has 2 aliphatic rings. The molecule has 2 heterocycles. The van der Waals surface area contributed by atoms with Crippen molar-refractivity contribution < 1.29 is 9.47 Å². The summed E-state index contributed by atoms with van der Waals surface area (Å²) in [5.74, 6) is 0. The summed E-state index contributed by atoms with van der Waals surface area (Å²) < 4.78 is 10.7. The highest BCUT2D eigenvalue weighted by atomic mass is 16.5. The van der Waals surface area contributed by atoms with Gasteiger partial charge in [0.2, 0.25) is 0 Å². The number of methoxy groups -OCH3 is 1. The smallest absolute Gasteiger partial charge is 0.0986 e. The van der Waals surface area contributed by atoms with Gasteiger partial charge in [-0.05, 0) is 19.4 Å². The lowest BCUT2D eigenvalue weighted by Gasteiger charge is -2.50. The summed E-state index contributed by atoms with van der Waals surface area (Å²) in [5.41, 5.74) is 0.271. The van der Waals surface area contributed by atoms with E-state index in [1.165, 1.54) is 6.42 Å². The minimum absolute atomic E-state index is 0.269. The first kappa shape index (κ1) is 7.53. The van der Waals surface area contributed by atoms with Gasteiger partial charge in [-0.25, -0.2) is 0 Å². The number of hydrogen-bond donors (Lipinski definition) is 1. The van der Waals surface area contributed by atoms with Crippen molar-refractivity contribution in [1.82, 2.24) is 5.32 Å². The van der Waals surface area contributed by atoms with Crippen molar-refractivity contribution in [3.05, 3.63) is 0 Å². The van der Waals surface area contributed by atoms with E-state index in [0.717, 1.165) is 26.2 Å². The third-order valence-corrected chi connectivity index (χ3v) is 2.91. The fraction of sp³-hybridized carbons (Fsp3) is 1.00. The van der Waals surface area contributed by atoms with E-state index in [0.29, 0.717) is 0 Å². The number of hydrogen-bond acceptors (Lipinski definition) is 3. The first-order valence-corrected chi connectivity index (χ1v) is 4.23. The molecule has 2 atom stereocenters. The van der Waals surface area contributed by atoms with Crippen molar-refractivity contribution in [2.24, 2.45) is 0 Å². The maximum Gasteiger partial charge on any atom is 0.0986 e. The molecule has 2 saturated heterocycles. The molecule has 2 aliphatic heterocycles. The summed E-state index contributed by atoms with van der Waals surface area (Å²) in [4.78, 5) is 0. The van der Waals surface area contributed by atoms with Crippen LogP contribution in [0.4, 0.5) is 0 Å². The van der Waals surface area contributed by atoms with Crippen LogP contribution in [0.25, 0.3) is 0 Å². The minimum Gasteiger partial charge on any atom is -0.379 e. The largest absolute Gasteiger partial charge is 0.379 e. The molecule has 0 bridgehead atoms. The molecule has 64 valence electrons. The zero-order valence-electron chi connectivity index (χ0n) is 6.93. The van der Waals surface area contributed by atoms with Crippen LogP contribution in [0.5, 0.6) is 0 Å². The molecular formula is C8H15NO2. The third-order valence-electron chi connectivity index (χ3n) is 2.91. The summed E-state index contributed by atoms with van der Waals surface area (Å²) in [6.45, 7) is 2.77. The molecule has 0 aromatic carbocycles. The monoisotopic (exact) mass is 157 g/mol. The Morgan fingerprint density at radius 3 is 2.82 bits per heavy atom. The molecule has 0 amide bonds. The Morgan fingerprint density at radius 2 is 2.36 bits per heavy atom. The van der Waals surface area contributed by atoms with Crippen LogP contribution >= 0.6 is 0 Å². The minimum atomic E-state index is 0.269. The van der Waals surface area contributed by atoms with Crippen LogP contribution in [0.3, 0.4) is 0 Å². The van der Waals surface area contributed by atoms with Gasteiger partial charge in [0, 0.05) is 13.7 Å². The van der Waals surface area contributed by atoms with Crippen LogP contribution in [0.1, 0.15) is 12.8 Å². The normalized spacial score (nSPS) is 43.9. The van der Waals surface area contributed by atoms with E-state index < -0.39 is 0 Å². The van der Waals surface area contributed by atoms with Crippen molar-refractivity contribution in [1.29, 1.82) is 0 Å². The van der Waals surface area contributed by atoms with Crippen LogP contribution in [0, 0.1) is 0 Å². The molecule has 1 N–H and O–H groups in total. The molecular weight excluding hydrogens is 142 g/mol. The topological polar surface area (TPSA) is 30.5 Å². The molecule has 3 heteroatoms. The van der Waals surface area contributed by atoms with Gasteiger partial charge in [-0.3, -0.25) is 0 Å². The second-order valence-corrected chi connectivity index (χ2v) is 3.38. The quantitative estimate of drug-likeness (QED) is 0.588. The fourth-order valence-electron chi connectivity index (χ4n) is 1.99. The van der Waals surface area contributed by atoms with E-state index in [1.54, 1.807) is 7.11 Å². The molecule has 3 nitrogen and oxygen atoms in total. The molecule has 0 saturated carbocycles. The Kier molecular flexibility index (Phi) is 1.87. The standard InChI is InChI=1S/C8H15NO2/c1-10-7-6-11-5-3-8(7)2-4-9-8/h7,9H,2-6H2,1H3. The van der Waals surface area contributed by atoms with Gasteiger partial charge < -0.3 is 14.8 Å². The zero-order chi connectivity index (χ0) is 7.73. The number of ether oxygens (including phenoxy) is 2. The van der Waals surface area contributed by atoms with Crippen molar-refractivity contribution >= 4 is 0 Å². The summed E-state index contributed by atoms with van der Waals surface area (Å²) in [5, 5.41) is 3.46. The van der Waals surface area contributed by atoms with Gasteiger partial charge in [-0.2, -0.15) is 0 Å². The molecule has 0 aromatic heterocycles.